The van der Waals surface area contributed by atoms with Gasteiger partial charge in [-0.3, -0.25) is 4.72 Å². The summed E-state index contributed by atoms with van der Waals surface area (Å²) in [5.41, 5.74) is 1.77. The van der Waals surface area contributed by atoms with E-state index in [1.165, 1.54) is 12.1 Å². The molecule has 0 aliphatic heterocycles. The Morgan fingerprint density at radius 2 is 1.71 bits per heavy atom. The van der Waals surface area contributed by atoms with E-state index in [9.17, 15) is 13.2 Å². The molecule has 2 aromatic carbocycles. The summed E-state index contributed by atoms with van der Waals surface area (Å²) in [5, 5.41) is 0. The predicted molar refractivity (Wildman–Crippen MR) is 92.6 cm³/mol. The van der Waals surface area contributed by atoms with Crippen LogP contribution in [0.5, 0.6) is 0 Å². The Kier molecular flexibility index (Phi) is 5.76. The maximum atomic E-state index is 12.5. The summed E-state index contributed by atoms with van der Waals surface area (Å²) in [5.74, 6) is -0.608. The molecule has 24 heavy (non-hydrogen) atoms. The Hall–Kier alpha value is -2.60. The molecule has 0 saturated carbocycles. The second-order valence-corrected chi connectivity index (χ2v) is 6.78. The zero-order valence-corrected chi connectivity index (χ0v) is 14.3. The minimum Gasteiger partial charge on any atom is -0.463 e. The lowest BCUT2D eigenvalue weighted by atomic mass is 10.1. The topological polar surface area (TPSA) is 72.5 Å². The summed E-state index contributed by atoms with van der Waals surface area (Å²) in [7, 11) is -3.80. The first-order valence-corrected chi connectivity index (χ1v) is 8.94. The zero-order valence-electron chi connectivity index (χ0n) is 13.5. The van der Waals surface area contributed by atoms with Crippen molar-refractivity contribution in [3.8, 4) is 0 Å². The number of carbonyl (C=O) groups is 1. The SMILES string of the molecule is CCOC(=O)/C=C(\NS(=O)(=O)c1ccccc1)c1ccc(C)cc1. The van der Waals surface area contributed by atoms with Crippen LogP contribution in [0, 0.1) is 6.92 Å². The van der Waals surface area contributed by atoms with E-state index in [4.69, 9.17) is 4.74 Å². The van der Waals surface area contributed by atoms with Gasteiger partial charge in [0.1, 0.15) is 0 Å². The smallest absolute Gasteiger partial charge is 0.332 e. The Bertz CT molecular complexity index is 825. The van der Waals surface area contributed by atoms with Gasteiger partial charge in [0, 0.05) is 6.08 Å². The summed E-state index contributed by atoms with van der Waals surface area (Å²) < 4.78 is 32.4. The highest BCUT2D eigenvalue weighted by molar-refractivity contribution is 7.89. The quantitative estimate of drug-likeness (QED) is 0.645. The third-order valence-electron chi connectivity index (χ3n) is 3.21. The molecule has 0 heterocycles. The maximum absolute atomic E-state index is 12.5. The summed E-state index contributed by atoms with van der Waals surface area (Å²) in [4.78, 5) is 11.9. The fraction of sp³-hybridized carbons (Fsp3) is 0.167. The minimum absolute atomic E-state index is 0.117. The Labute approximate surface area is 142 Å². The standard InChI is InChI=1S/C18H19NO4S/c1-3-23-18(20)13-17(15-11-9-14(2)10-12-15)19-24(21,22)16-7-5-4-6-8-16/h4-13,19H,3H2,1-2H3/b17-13-. The van der Waals surface area contributed by atoms with Crippen LogP contribution in [0.1, 0.15) is 18.1 Å². The van der Waals surface area contributed by atoms with Gasteiger partial charge in [0.25, 0.3) is 10.0 Å². The van der Waals surface area contributed by atoms with Crippen molar-refractivity contribution in [3.05, 3.63) is 71.8 Å². The Balaban J connectivity index is 2.39. The number of aryl methyl sites for hydroxylation is 1. The van der Waals surface area contributed by atoms with E-state index in [0.717, 1.165) is 11.6 Å². The van der Waals surface area contributed by atoms with Crippen LogP contribution < -0.4 is 4.72 Å². The first kappa shape index (κ1) is 17.7. The second-order valence-electron chi connectivity index (χ2n) is 5.09. The van der Waals surface area contributed by atoms with Gasteiger partial charge in [0.2, 0.25) is 0 Å². The molecule has 0 unspecified atom stereocenters. The van der Waals surface area contributed by atoms with Crippen LogP contribution in [0.2, 0.25) is 0 Å². The number of nitrogens with one attached hydrogen (secondary N) is 1. The van der Waals surface area contributed by atoms with Crippen LogP contribution >= 0.6 is 0 Å². The van der Waals surface area contributed by atoms with E-state index in [1.807, 2.05) is 19.1 Å². The molecule has 0 aromatic heterocycles. The second kappa shape index (κ2) is 7.79. The van der Waals surface area contributed by atoms with Gasteiger partial charge in [-0.15, -0.1) is 0 Å². The molecule has 2 aromatic rings. The molecule has 5 nitrogen and oxygen atoms in total. The molecular formula is C18H19NO4S. The highest BCUT2D eigenvalue weighted by atomic mass is 32.2. The third-order valence-corrected chi connectivity index (χ3v) is 4.59. The van der Waals surface area contributed by atoms with Crippen molar-refractivity contribution in [1.29, 1.82) is 0 Å². The zero-order chi connectivity index (χ0) is 17.6. The largest absolute Gasteiger partial charge is 0.463 e. The van der Waals surface area contributed by atoms with Crippen LogP contribution in [-0.2, 0) is 19.6 Å². The van der Waals surface area contributed by atoms with Crippen molar-refractivity contribution >= 4 is 21.7 Å². The Morgan fingerprint density at radius 3 is 2.29 bits per heavy atom. The molecular weight excluding hydrogens is 326 g/mol. The van der Waals surface area contributed by atoms with Gasteiger partial charge in [-0.05, 0) is 31.5 Å². The molecule has 0 spiro atoms. The molecule has 0 atom stereocenters. The monoisotopic (exact) mass is 345 g/mol. The average molecular weight is 345 g/mol. The van der Waals surface area contributed by atoms with E-state index >= 15 is 0 Å². The van der Waals surface area contributed by atoms with Crippen molar-refractivity contribution in [3.63, 3.8) is 0 Å². The van der Waals surface area contributed by atoms with Crippen LogP contribution in [-0.4, -0.2) is 21.0 Å². The molecule has 1 N–H and O–H groups in total. The normalized spacial score (nSPS) is 11.8. The van der Waals surface area contributed by atoms with Crippen molar-refractivity contribution < 1.29 is 17.9 Å². The van der Waals surface area contributed by atoms with Crippen LogP contribution in [0.15, 0.2) is 65.6 Å². The molecule has 0 aliphatic carbocycles. The molecule has 126 valence electrons. The lowest BCUT2D eigenvalue weighted by Crippen LogP contribution is -2.23. The fourth-order valence-corrected chi connectivity index (χ4v) is 3.11. The fourth-order valence-electron chi connectivity index (χ4n) is 2.01. The lowest BCUT2D eigenvalue weighted by molar-refractivity contribution is -0.137. The highest BCUT2D eigenvalue weighted by Crippen LogP contribution is 2.17. The van der Waals surface area contributed by atoms with Crippen molar-refractivity contribution in [2.24, 2.45) is 0 Å². The van der Waals surface area contributed by atoms with E-state index in [0.29, 0.717) is 5.56 Å². The van der Waals surface area contributed by atoms with Crippen LogP contribution in [0.4, 0.5) is 0 Å². The molecule has 0 radical (unpaired) electrons. The van der Waals surface area contributed by atoms with Crippen LogP contribution in [0.25, 0.3) is 5.70 Å². The average Bonchev–Trinajstić information content (AvgIpc) is 2.56. The summed E-state index contributed by atoms with van der Waals surface area (Å²) in [6, 6.07) is 15.1. The molecule has 0 fully saturated rings. The van der Waals surface area contributed by atoms with Gasteiger partial charge in [-0.2, -0.15) is 0 Å². The number of hydrogen-bond acceptors (Lipinski definition) is 4. The maximum Gasteiger partial charge on any atom is 0.332 e. The van der Waals surface area contributed by atoms with Gasteiger partial charge in [-0.25, -0.2) is 13.2 Å². The number of hydrogen-bond donors (Lipinski definition) is 1. The lowest BCUT2D eigenvalue weighted by Gasteiger charge is -2.12. The van der Waals surface area contributed by atoms with Gasteiger partial charge < -0.3 is 4.74 Å². The number of sulfonamides is 1. The summed E-state index contributed by atoms with van der Waals surface area (Å²) >= 11 is 0. The van der Waals surface area contributed by atoms with Crippen molar-refractivity contribution in [2.45, 2.75) is 18.7 Å². The molecule has 0 saturated heterocycles. The highest BCUT2D eigenvalue weighted by Gasteiger charge is 2.17. The summed E-state index contributed by atoms with van der Waals surface area (Å²) in [6.07, 6.45) is 1.15. The summed E-state index contributed by atoms with van der Waals surface area (Å²) in [6.45, 7) is 3.82. The predicted octanol–water partition coefficient (Wildman–Crippen LogP) is 2.88. The Morgan fingerprint density at radius 1 is 1.08 bits per heavy atom. The van der Waals surface area contributed by atoms with Crippen molar-refractivity contribution in [1.82, 2.24) is 4.72 Å². The molecule has 0 bridgehead atoms. The van der Waals surface area contributed by atoms with Gasteiger partial charge in [0.05, 0.1) is 17.2 Å². The third kappa shape index (κ3) is 4.70. The number of esters is 1. The van der Waals surface area contributed by atoms with E-state index in [-0.39, 0.29) is 17.2 Å². The first-order chi connectivity index (χ1) is 11.4. The number of rotatable bonds is 6. The minimum atomic E-state index is -3.80. The van der Waals surface area contributed by atoms with Gasteiger partial charge >= 0.3 is 5.97 Å². The van der Waals surface area contributed by atoms with Crippen molar-refractivity contribution in [2.75, 3.05) is 6.61 Å². The van der Waals surface area contributed by atoms with E-state index in [1.54, 1.807) is 37.3 Å². The van der Waals surface area contributed by atoms with Crippen LogP contribution in [0.3, 0.4) is 0 Å². The number of ether oxygens (including phenoxy) is 1. The van der Waals surface area contributed by atoms with E-state index in [2.05, 4.69) is 4.72 Å². The molecule has 0 amide bonds. The molecule has 2 rings (SSSR count). The number of carbonyl (C=O) groups excluding carboxylic acids is 1. The van der Waals surface area contributed by atoms with Gasteiger partial charge in [-0.1, -0.05) is 48.0 Å². The van der Waals surface area contributed by atoms with Gasteiger partial charge in [0.15, 0.2) is 0 Å². The molecule has 0 aliphatic rings. The number of benzene rings is 2. The molecule has 6 heteroatoms. The first-order valence-electron chi connectivity index (χ1n) is 7.46. The van der Waals surface area contributed by atoms with E-state index < -0.39 is 16.0 Å².